The summed E-state index contributed by atoms with van der Waals surface area (Å²) in [5, 5.41) is 0. The van der Waals surface area contributed by atoms with Gasteiger partial charge in [0.1, 0.15) is 0 Å². The van der Waals surface area contributed by atoms with E-state index >= 15 is 0 Å². The predicted molar refractivity (Wildman–Crippen MR) is 84.0 cm³/mol. The van der Waals surface area contributed by atoms with Gasteiger partial charge in [0.15, 0.2) is 0 Å². The smallest absolute Gasteiger partial charge is 0.242 e. The number of hydrogen-bond donors (Lipinski definition) is 1. The number of ether oxygens (including phenoxy) is 1. The third kappa shape index (κ3) is 3.00. The quantitative estimate of drug-likeness (QED) is 0.847. The Morgan fingerprint density at radius 1 is 1.33 bits per heavy atom. The van der Waals surface area contributed by atoms with Crippen LogP contribution in [-0.2, 0) is 14.8 Å². The third-order valence-corrected chi connectivity index (χ3v) is 5.53. The van der Waals surface area contributed by atoms with E-state index in [0.29, 0.717) is 25.4 Å². The number of hydrogen-bond acceptors (Lipinski definition) is 5. The number of morpholine rings is 1. The van der Waals surface area contributed by atoms with Crippen molar-refractivity contribution in [1.82, 2.24) is 4.31 Å². The van der Waals surface area contributed by atoms with Gasteiger partial charge in [-0.1, -0.05) is 0 Å². The van der Waals surface area contributed by atoms with Crippen LogP contribution in [0.3, 0.4) is 0 Å². The lowest BCUT2D eigenvalue weighted by Gasteiger charge is -2.44. The molecular weight excluding hydrogens is 290 g/mol. The molecule has 0 aliphatic carbocycles. The second kappa shape index (κ2) is 5.47. The molecule has 0 saturated carbocycles. The first-order chi connectivity index (χ1) is 9.66. The summed E-state index contributed by atoms with van der Waals surface area (Å²) in [6.45, 7) is 5.98. The van der Waals surface area contributed by atoms with Crippen molar-refractivity contribution in [3.63, 3.8) is 0 Å². The second-order valence-corrected chi connectivity index (χ2v) is 8.18. The third-order valence-electron chi connectivity index (χ3n) is 3.72. The average molecular weight is 313 g/mol. The summed E-state index contributed by atoms with van der Waals surface area (Å²) in [6.07, 6.45) is 0. The number of nitrogens with zero attached hydrogens (tertiary/aromatic N) is 2. The van der Waals surface area contributed by atoms with Gasteiger partial charge >= 0.3 is 0 Å². The van der Waals surface area contributed by atoms with Crippen LogP contribution in [0, 0.1) is 0 Å². The van der Waals surface area contributed by atoms with Crippen molar-refractivity contribution >= 4 is 21.4 Å². The zero-order valence-electron chi connectivity index (χ0n) is 13.0. The van der Waals surface area contributed by atoms with Gasteiger partial charge in [-0.25, -0.2) is 12.7 Å². The Morgan fingerprint density at radius 2 is 2.00 bits per heavy atom. The predicted octanol–water partition coefficient (Wildman–Crippen LogP) is 1.13. The SMILES string of the molecule is CN(C)S(=O)(=O)c1ccc(N)c(N2CCOCC2(C)C)c1. The van der Waals surface area contributed by atoms with Gasteiger partial charge in [-0.2, -0.15) is 0 Å². The monoisotopic (exact) mass is 313 g/mol. The molecule has 1 aliphatic rings. The maximum Gasteiger partial charge on any atom is 0.242 e. The van der Waals surface area contributed by atoms with Gasteiger partial charge in [-0.3, -0.25) is 0 Å². The molecule has 0 unspecified atom stereocenters. The molecule has 1 fully saturated rings. The Morgan fingerprint density at radius 3 is 2.57 bits per heavy atom. The van der Waals surface area contributed by atoms with Gasteiger partial charge in [0.2, 0.25) is 10.0 Å². The number of nitrogen functional groups attached to an aromatic ring is 1. The van der Waals surface area contributed by atoms with Crippen LogP contribution in [0.15, 0.2) is 23.1 Å². The lowest BCUT2D eigenvalue weighted by Crippen LogP contribution is -2.53. The highest BCUT2D eigenvalue weighted by Gasteiger charge is 2.32. The van der Waals surface area contributed by atoms with Gasteiger partial charge in [0.25, 0.3) is 0 Å². The van der Waals surface area contributed by atoms with E-state index in [0.717, 1.165) is 5.69 Å². The zero-order valence-corrected chi connectivity index (χ0v) is 13.8. The molecule has 118 valence electrons. The van der Waals surface area contributed by atoms with Crippen LogP contribution in [0.4, 0.5) is 11.4 Å². The van der Waals surface area contributed by atoms with E-state index in [1.807, 2.05) is 0 Å². The van der Waals surface area contributed by atoms with Gasteiger partial charge in [0, 0.05) is 20.6 Å². The van der Waals surface area contributed by atoms with Crippen LogP contribution >= 0.6 is 0 Å². The van der Waals surface area contributed by atoms with E-state index in [9.17, 15) is 8.42 Å². The topological polar surface area (TPSA) is 75.9 Å². The minimum absolute atomic E-state index is 0.229. The summed E-state index contributed by atoms with van der Waals surface area (Å²) in [5.41, 5.74) is 7.15. The molecule has 1 heterocycles. The molecule has 1 aromatic rings. The average Bonchev–Trinajstić information content (AvgIpc) is 2.39. The van der Waals surface area contributed by atoms with E-state index in [1.165, 1.54) is 18.4 Å². The van der Waals surface area contributed by atoms with E-state index in [-0.39, 0.29) is 10.4 Å². The molecule has 1 aromatic carbocycles. The fraction of sp³-hybridized carbons (Fsp3) is 0.571. The van der Waals surface area contributed by atoms with Gasteiger partial charge < -0.3 is 15.4 Å². The van der Waals surface area contributed by atoms with E-state index in [4.69, 9.17) is 10.5 Å². The number of anilines is 2. The molecule has 0 atom stereocenters. The number of sulfonamides is 1. The Kier molecular flexibility index (Phi) is 4.19. The standard InChI is InChI=1S/C14H23N3O3S/c1-14(2)10-20-8-7-17(14)13-9-11(5-6-12(13)15)21(18,19)16(3)4/h5-6,9H,7-8,10,15H2,1-4H3. The number of nitrogens with two attached hydrogens (primary N) is 1. The van der Waals surface area contributed by atoms with Crippen molar-refractivity contribution in [2.24, 2.45) is 0 Å². The maximum absolute atomic E-state index is 12.3. The lowest BCUT2D eigenvalue weighted by molar-refractivity contribution is 0.0644. The molecule has 0 amide bonds. The summed E-state index contributed by atoms with van der Waals surface area (Å²) < 4.78 is 31.3. The molecule has 0 bridgehead atoms. The Hall–Kier alpha value is -1.31. The van der Waals surface area contributed by atoms with Crippen molar-refractivity contribution in [2.45, 2.75) is 24.3 Å². The highest BCUT2D eigenvalue weighted by molar-refractivity contribution is 7.89. The minimum Gasteiger partial charge on any atom is -0.397 e. The highest BCUT2D eigenvalue weighted by atomic mass is 32.2. The van der Waals surface area contributed by atoms with Crippen molar-refractivity contribution in [3.8, 4) is 0 Å². The minimum atomic E-state index is -3.47. The summed E-state index contributed by atoms with van der Waals surface area (Å²) in [5.74, 6) is 0. The van der Waals surface area contributed by atoms with Crippen LogP contribution in [0.1, 0.15) is 13.8 Å². The first kappa shape index (κ1) is 16.1. The summed E-state index contributed by atoms with van der Waals surface area (Å²) in [6, 6.07) is 4.84. The Bertz CT molecular complexity index is 626. The molecule has 6 nitrogen and oxygen atoms in total. The van der Waals surface area contributed by atoms with Crippen molar-refractivity contribution in [1.29, 1.82) is 0 Å². The first-order valence-electron chi connectivity index (χ1n) is 6.84. The Balaban J connectivity index is 2.50. The van der Waals surface area contributed by atoms with E-state index in [1.54, 1.807) is 18.2 Å². The molecule has 7 heteroatoms. The summed E-state index contributed by atoms with van der Waals surface area (Å²) in [7, 11) is -0.436. The fourth-order valence-corrected chi connectivity index (χ4v) is 3.36. The molecule has 0 spiro atoms. The van der Waals surface area contributed by atoms with Gasteiger partial charge in [-0.05, 0) is 32.0 Å². The lowest BCUT2D eigenvalue weighted by atomic mass is 10.0. The first-order valence-corrected chi connectivity index (χ1v) is 8.28. The van der Waals surface area contributed by atoms with Crippen LogP contribution in [-0.4, -0.2) is 52.1 Å². The van der Waals surface area contributed by atoms with Crippen LogP contribution in [0.25, 0.3) is 0 Å². The molecular formula is C14H23N3O3S. The normalized spacial score (nSPS) is 19.0. The maximum atomic E-state index is 12.3. The van der Waals surface area contributed by atoms with Crippen molar-refractivity contribution < 1.29 is 13.2 Å². The van der Waals surface area contributed by atoms with E-state index in [2.05, 4.69) is 18.7 Å². The highest BCUT2D eigenvalue weighted by Crippen LogP contribution is 2.33. The van der Waals surface area contributed by atoms with Crippen LogP contribution < -0.4 is 10.6 Å². The van der Waals surface area contributed by atoms with Crippen LogP contribution in [0.2, 0.25) is 0 Å². The molecule has 1 saturated heterocycles. The summed E-state index contributed by atoms with van der Waals surface area (Å²) in [4.78, 5) is 2.36. The van der Waals surface area contributed by atoms with Crippen LogP contribution in [0.5, 0.6) is 0 Å². The molecule has 1 aliphatic heterocycles. The Labute approximate surface area is 126 Å². The van der Waals surface area contributed by atoms with Crippen molar-refractivity contribution in [2.75, 3.05) is 44.5 Å². The molecule has 2 N–H and O–H groups in total. The molecule has 2 rings (SSSR count). The fourth-order valence-electron chi connectivity index (χ4n) is 2.43. The molecule has 0 radical (unpaired) electrons. The van der Waals surface area contributed by atoms with E-state index < -0.39 is 10.0 Å². The number of benzene rings is 1. The van der Waals surface area contributed by atoms with Gasteiger partial charge in [-0.15, -0.1) is 0 Å². The second-order valence-electron chi connectivity index (χ2n) is 6.02. The zero-order chi connectivity index (χ0) is 15.8. The number of rotatable bonds is 3. The van der Waals surface area contributed by atoms with Gasteiger partial charge in [0.05, 0.1) is 35.0 Å². The summed E-state index contributed by atoms with van der Waals surface area (Å²) >= 11 is 0. The largest absolute Gasteiger partial charge is 0.397 e. The van der Waals surface area contributed by atoms with Crippen molar-refractivity contribution in [3.05, 3.63) is 18.2 Å². The molecule has 0 aromatic heterocycles. The molecule has 21 heavy (non-hydrogen) atoms.